The standard InChI is InChI=1S/C20H26N8O4/c21-25-17(29)10-5-6-12(18(30)26-22)13(8-10)14-7-9-3-1-2-4-11(9)15(19(31)27-23)16(14)20(32)28-24/h1-4,7,10,12-13H,5-6,8,21-24H2,(H,25,29)(H,26,30)(H,27,31)(H,28,32). The smallest absolute Gasteiger partial charge is 0.266 e. The zero-order chi connectivity index (χ0) is 23.4. The number of hydrazine groups is 4. The van der Waals surface area contributed by atoms with E-state index in [2.05, 4.69) is 21.7 Å². The molecule has 12 heteroatoms. The van der Waals surface area contributed by atoms with Crippen LogP contribution >= 0.6 is 0 Å². The lowest BCUT2D eigenvalue weighted by Gasteiger charge is -2.35. The summed E-state index contributed by atoms with van der Waals surface area (Å²) < 4.78 is 0. The first-order chi connectivity index (χ1) is 15.4. The molecule has 0 aromatic heterocycles. The van der Waals surface area contributed by atoms with Crippen molar-refractivity contribution in [3.63, 3.8) is 0 Å². The van der Waals surface area contributed by atoms with Gasteiger partial charge in [-0.2, -0.15) is 0 Å². The number of nitrogens with two attached hydrogens (primary N) is 4. The maximum Gasteiger partial charge on any atom is 0.266 e. The second-order valence-electron chi connectivity index (χ2n) is 7.62. The average Bonchev–Trinajstić information content (AvgIpc) is 2.85. The Balaban J connectivity index is 2.32. The predicted octanol–water partition coefficient (Wildman–Crippen LogP) is -1.47. The van der Waals surface area contributed by atoms with Crippen molar-refractivity contribution in [2.75, 3.05) is 0 Å². The van der Waals surface area contributed by atoms with Crippen molar-refractivity contribution in [2.45, 2.75) is 25.2 Å². The molecule has 170 valence electrons. The summed E-state index contributed by atoms with van der Waals surface area (Å²) in [5.74, 6) is 17.5. The van der Waals surface area contributed by atoms with Crippen LogP contribution in [0.15, 0.2) is 30.3 Å². The first kappa shape index (κ1) is 23.1. The van der Waals surface area contributed by atoms with Gasteiger partial charge in [0.2, 0.25) is 11.8 Å². The first-order valence-corrected chi connectivity index (χ1v) is 9.96. The molecule has 1 saturated carbocycles. The van der Waals surface area contributed by atoms with Crippen molar-refractivity contribution in [2.24, 2.45) is 35.2 Å². The van der Waals surface area contributed by atoms with Crippen molar-refractivity contribution in [1.29, 1.82) is 0 Å². The van der Waals surface area contributed by atoms with Crippen LogP contribution in [0.1, 0.15) is 51.5 Å². The second-order valence-corrected chi connectivity index (χ2v) is 7.62. The number of carbonyl (C=O) groups excluding carboxylic acids is 4. The third-order valence-electron chi connectivity index (χ3n) is 6.04. The van der Waals surface area contributed by atoms with Gasteiger partial charge in [-0.1, -0.05) is 30.3 Å². The molecule has 0 radical (unpaired) electrons. The van der Waals surface area contributed by atoms with Crippen molar-refractivity contribution >= 4 is 34.4 Å². The third-order valence-corrected chi connectivity index (χ3v) is 6.04. The molecular formula is C20H26N8O4. The van der Waals surface area contributed by atoms with E-state index in [0.29, 0.717) is 29.2 Å². The lowest BCUT2D eigenvalue weighted by molar-refractivity contribution is -0.131. The lowest BCUT2D eigenvalue weighted by atomic mass is 9.68. The summed E-state index contributed by atoms with van der Waals surface area (Å²) in [6.45, 7) is 0. The van der Waals surface area contributed by atoms with Gasteiger partial charge in [-0.3, -0.25) is 40.9 Å². The largest absolute Gasteiger partial charge is 0.294 e. The zero-order valence-electron chi connectivity index (χ0n) is 17.2. The monoisotopic (exact) mass is 442 g/mol. The van der Waals surface area contributed by atoms with Gasteiger partial charge in [0.05, 0.1) is 11.1 Å². The highest BCUT2D eigenvalue weighted by Gasteiger charge is 2.40. The number of amides is 4. The van der Waals surface area contributed by atoms with Crippen LogP contribution in [0.4, 0.5) is 0 Å². The molecule has 2 aromatic carbocycles. The van der Waals surface area contributed by atoms with Crippen LogP contribution in [-0.4, -0.2) is 23.6 Å². The van der Waals surface area contributed by atoms with Gasteiger partial charge in [0, 0.05) is 11.8 Å². The summed E-state index contributed by atoms with van der Waals surface area (Å²) in [7, 11) is 0. The Hall–Kier alpha value is -3.58. The third kappa shape index (κ3) is 4.11. The molecule has 0 saturated heterocycles. The fourth-order valence-electron chi connectivity index (χ4n) is 4.58. The Bertz CT molecular complexity index is 1070. The molecule has 0 aliphatic heterocycles. The van der Waals surface area contributed by atoms with Crippen molar-refractivity contribution < 1.29 is 19.2 Å². The SMILES string of the molecule is NNC(=O)c1c(C2CC(C(=O)NN)CCC2C(=O)NN)cc2ccccc2c1C(=O)NN. The van der Waals surface area contributed by atoms with Crippen LogP contribution in [0.25, 0.3) is 10.8 Å². The van der Waals surface area contributed by atoms with Crippen molar-refractivity contribution in [1.82, 2.24) is 21.7 Å². The van der Waals surface area contributed by atoms with Crippen LogP contribution in [0.3, 0.4) is 0 Å². The van der Waals surface area contributed by atoms with Crippen LogP contribution in [0, 0.1) is 11.8 Å². The highest BCUT2D eigenvalue weighted by atomic mass is 16.2. The molecule has 12 N–H and O–H groups in total. The van der Waals surface area contributed by atoms with Crippen molar-refractivity contribution in [3.8, 4) is 0 Å². The van der Waals surface area contributed by atoms with Crippen LogP contribution in [-0.2, 0) is 9.59 Å². The maximum absolute atomic E-state index is 12.9. The Morgan fingerprint density at radius 2 is 1.41 bits per heavy atom. The van der Waals surface area contributed by atoms with Gasteiger partial charge in [0.25, 0.3) is 11.8 Å². The van der Waals surface area contributed by atoms with E-state index in [9.17, 15) is 19.2 Å². The number of nitrogen functional groups attached to an aromatic ring is 2. The molecule has 12 nitrogen and oxygen atoms in total. The molecule has 1 aliphatic carbocycles. The van der Waals surface area contributed by atoms with Gasteiger partial charge >= 0.3 is 0 Å². The fraction of sp³-hybridized carbons (Fsp3) is 0.300. The van der Waals surface area contributed by atoms with Gasteiger partial charge in [-0.25, -0.2) is 23.4 Å². The molecule has 3 atom stereocenters. The van der Waals surface area contributed by atoms with Gasteiger partial charge in [-0.15, -0.1) is 0 Å². The number of rotatable bonds is 5. The van der Waals surface area contributed by atoms with E-state index >= 15 is 0 Å². The summed E-state index contributed by atoms with van der Waals surface area (Å²) in [5.41, 5.74) is 8.79. The molecular weight excluding hydrogens is 416 g/mol. The van der Waals surface area contributed by atoms with E-state index in [-0.39, 0.29) is 23.5 Å². The minimum absolute atomic E-state index is 0.0147. The number of hydrogen-bond acceptors (Lipinski definition) is 8. The quantitative estimate of drug-likeness (QED) is 0.155. The average molecular weight is 442 g/mol. The molecule has 0 spiro atoms. The number of hydrogen-bond donors (Lipinski definition) is 8. The molecule has 4 amide bonds. The Kier molecular flexibility index (Phi) is 7.00. The highest BCUT2D eigenvalue weighted by Crippen LogP contribution is 2.44. The molecule has 2 aromatic rings. The summed E-state index contributed by atoms with van der Waals surface area (Å²) in [6, 6.07) is 8.64. The number of benzene rings is 2. The summed E-state index contributed by atoms with van der Waals surface area (Å²) in [5, 5.41) is 1.12. The van der Waals surface area contributed by atoms with Gasteiger partial charge < -0.3 is 0 Å². The minimum Gasteiger partial charge on any atom is -0.294 e. The summed E-state index contributed by atoms with van der Waals surface area (Å²) >= 11 is 0. The molecule has 3 rings (SSSR count). The van der Waals surface area contributed by atoms with Crippen LogP contribution in [0.2, 0.25) is 0 Å². The molecule has 1 aliphatic rings. The molecule has 32 heavy (non-hydrogen) atoms. The Morgan fingerprint density at radius 1 is 0.781 bits per heavy atom. The van der Waals surface area contributed by atoms with Gasteiger partial charge in [0.1, 0.15) is 0 Å². The van der Waals surface area contributed by atoms with E-state index < -0.39 is 35.5 Å². The molecule has 3 unspecified atom stereocenters. The topological polar surface area (TPSA) is 220 Å². The van der Waals surface area contributed by atoms with E-state index in [1.165, 1.54) is 0 Å². The minimum atomic E-state index is -0.735. The fourth-order valence-corrected chi connectivity index (χ4v) is 4.58. The van der Waals surface area contributed by atoms with Crippen molar-refractivity contribution in [3.05, 3.63) is 47.0 Å². The summed E-state index contributed by atoms with van der Waals surface area (Å²) in [4.78, 5) is 50.5. The molecule has 1 fully saturated rings. The first-order valence-electron chi connectivity index (χ1n) is 9.96. The van der Waals surface area contributed by atoms with E-state index in [1.54, 1.807) is 30.3 Å². The predicted molar refractivity (Wildman–Crippen MR) is 115 cm³/mol. The maximum atomic E-state index is 12.9. The molecule has 0 bridgehead atoms. The molecule has 0 heterocycles. The second kappa shape index (κ2) is 9.70. The highest BCUT2D eigenvalue weighted by molar-refractivity contribution is 6.16. The number of carbonyl (C=O) groups is 4. The normalized spacial score (nSPS) is 20.3. The Labute approximate surface area is 183 Å². The summed E-state index contributed by atoms with van der Waals surface area (Å²) in [6.07, 6.45) is 0.925. The van der Waals surface area contributed by atoms with E-state index in [4.69, 9.17) is 23.4 Å². The van der Waals surface area contributed by atoms with Gasteiger partial charge in [-0.05, 0) is 41.5 Å². The van der Waals surface area contributed by atoms with Gasteiger partial charge in [0.15, 0.2) is 0 Å². The Morgan fingerprint density at radius 3 is 2.03 bits per heavy atom. The lowest BCUT2D eigenvalue weighted by Crippen LogP contribution is -2.45. The van der Waals surface area contributed by atoms with Crippen LogP contribution in [0.5, 0.6) is 0 Å². The number of fused-ring (bicyclic) bond motifs is 1. The van der Waals surface area contributed by atoms with Crippen LogP contribution < -0.4 is 45.1 Å². The van der Waals surface area contributed by atoms with E-state index in [1.807, 2.05) is 0 Å². The number of nitrogens with one attached hydrogen (secondary N) is 4. The zero-order valence-corrected chi connectivity index (χ0v) is 17.2. The van der Waals surface area contributed by atoms with E-state index in [0.717, 1.165) is 0 Å².